The minimum Gasteiger partial charge on any atom is -0.508 e. The number of fused-ring (bicyclic) bond motifs is 4. The molecule has 83 heavy (non-hydrogen) atoms. The van der Waals surface area contributed by atoms with Crippen LogP contribution in [0.5, 0.6) is 11.8 Å². The molecule has 7 aromatic rings. The van der Waals surface area contributed by atoms with Crippen LogP contribution in [-0.2, 0) is 16.0 Å². The van der Waals surface area contributed by atoms with Crippen LogP contribution >= 0.6 is 11.3 Å². The molecule has 12 rings (SSSR count). The Labute approximate surface area is 488 Å². The zero-order chi connectivity index (χ0) is 57.7. The maximum absolute atomic E-state index is 17.2. The second-order valence-electron chi connectivity index (χ2n) is 24.5. The van der Waals surface area contributed by atoms with Crippen molar-refractivity contribution in [3.63, 3.8) is 0 Å². The monoisotopic (exact) mass is 1150 g/mol. The van der Waals surface area contributed by atoms with Gasteiger partial charge in [-0.3, -0.25) is 24.4 Å². The van der Waals surface area contributed by atoms with Gasteiger partial charge >= 0.3 is 6.01 Å². The number of piperazine rings is 2. The number of aromatic hydroxyl groups is 1. The van der Waals surface area contributed by atoms with Gasteiger partial charge in [-0.2, -0.15) is 9.97 Å². The van der Waals surface area contributed by atoms with Gasteiger partial charge in [-0.15, -0.1) is 11.3 Å². The molecule has 4 aromatic heterocycles. The van der Waals surface area contributed by atoms with Gasteiger partial charge in [-0.1, -0.05) is 75.3 Å². The zero-order valence-electron chi connectivity index (χ0n) is 48.5. The predicted octanol–water partition coefficient (Wildman–Crippen LogP) is 8.49. The number of nitrogens with zero attached hydrogens (tertiary/aromatic N) is 10. The molecule has 438 valence electrons. The van der Waals surface area contributed by atoms with Gasteiger partial charge in [-0.25, -0.2) is 9.37 Å². The quantitative estimate of drug-likeness (QED) is 0.0676. The molecule has 20 heteroatoms. The first kappa shape index (κ1) is 56.6. The molecule has 18 nitrogen and oxygen atoms in total. The van der Waals surface area contributed by atoms with Crippen molar-refractivity contribution in [1.82, 2.24) is 50.4 Å². The van der Waals surface area contributed by atoms with Crippen molar-refractivity contribution < 1.29 is 33.5 Å². The highest BCUT2D eigenvalue weighted by molar-refractivity contribution is 7.13. The number of benzene rings is 3. The molecule has 3 aromatic carbocycles. The van der Waals surface area contributed by atoms with Gasteiger partial charge in [0.05, 0.1) is 33.6 Å². The predicted molar refractivity (Wildman–Crippen MR) is 320 cm³/mol. The van der Waals surface area contributed by atoms with Crippen LogP contribution in [0.3, 0.4) is 0 Å². The SMILES string of the molecule is CCc1cccc2cc(O)cc(-c3ncc4c(N5CC6CCC(C5)N6)nc(OCCN5CCC(C)(CN6CCN(c7cc([C@@H](C(=O)N8C[C@H](O)C[C@H]8C(=O)N[C@@H](C)c8ccc(-c9scnc9C)cc8)C(C)C)on7)CC6)CC5)nc4c3F)c12. The number of phenols is 1. The van der Waals surface area contributed by atoms with Crippen molar-refractivity contribution in [1.29, 1.82) is 0 Å². The van der Waals surface area contributed by atoms with E-state index in [0.717, 1.165) is 129 Å². The van der Waals surface area contributed by atoms with Crippen molar-refractivity contribution in [2.75, 3.05) is 88.4 Å². The number of likely N-dealkylation sites (tertiary alicyclic amines) is 2. The molecular formula is C63H77FN12O6S. The molecular weight excluding hydrogens is 1070 g/mol. The number of phenolic OH excluding ortho intramolecular Hbond substituents is 1. The average Bonchev–Trinajstić information content (AvgIpc) is 3.09. The standard InChI is InChI=1S/C63H77FN12O6S/c1-7-40-9-8-10-43-27-46(77)28-48(54(40)43)56-55(64)57-49(31-65-56)59(75-32-44-15-16-45(33-75)68-44)70-62(69-57)81-26-25-72-19-17-63(6,18-20-72)35-73-21-23-74(24-22-73)52-30-51(82-71-52)53(37(2)3)61(80)76-34-47(78)29-50(76)60(79)67-38(4)41-11-13-42(14-12-41)58-39(5)66-36-83-58/h8-14,27-28,30-31,36-38,44-45,47,50,53,68,77-78H,7,15-26,29,32-35H2,1-6H3,(H,67,79)/t38-,44?,45?,47+,50-,53-/m0/s1. The number of piperidine rings is 1. The second kappa shape index (κ2) is 23.7. The number of amides is 2. The largest absolute Gasteiger partial charge is 0.508 e. The molecule has 0 spiro atoms. The third-order valence-electron chi connectivity index (χ3n) is 18.2. The molecule has 5 aliphatic heterocycles. The number of aliphatic hydroxyl groups is 1. The lowest BCUT2D eigenvalue weighted by Crippen LogP contribution is -2.51. The van der Waals surface area contributed by atoms with Crippen LogP contribution in [0.1, 0.15) is 101 Å². The van der Waals surface area contributed by atoms with Gasteiger partial charge in [0, 0.05) is 95.2 Å². The topological polar surface area (TPSA) is 202 Å². The van der Waals surface area contributed by atoms with E-state index in [1.165, 1.54) is 4.90 Å². The number of nitrogens with one attached hydrogen (secondary N) is 2. The number of aryl methyl sites for hydroxylation is 2. The first-order valence-electron chi connectivity index (χ1n) is 29.8. The van der Waals surface area contributed by atoms with E-state index in [1.807, 2.05) is 81.7 Å². The molecule has 0 saturated carbocycles. The lowest BCUT2D eigenvalue weighted by Gasteiger charge is -2.44. The van der Waals surface area contributed by atoms with Crippen LogP contribution in [0, 0.1) is 24.1 Å². The summed E-state index contributed by atoms with van der Waals surface area (Å²) in [6, 6.07) is 18.9. The van der Waals surface area contributed by atoms with E-state index in [0.29, 0.717) is 53.6 Å². The summed E-state index contributed by atoms with van der Waals surface area (Å²) in [4.78, 5) is 59.2. The summed E-state index contributed by atoms with van der Waals surface area (Å²) in [5.74, 6) is -0.127. The zero-order valence-corrected chi connectivity index (χ0v) is 49.3. The highest BCUT2D eigenvalue weighted by atomic mass is 32.1. The molecule has 0 radical (unpaired) electrons. The number of halogens is 1. The maximum Gasteiger partial charge on any atom is 0.319 e. The normalized spacial score (nSPS) is 22.0. The summed E-state index contributed by atoms with van der Waals surface area (Å²) in [6.07, 6.45) is 6.00. The lowest BCUT2D eigenvalue weighted by atomic mass is 9.79. The lowest BCUT2D eigenvalue weighted by molar-refractivity contribution is -0.141. The molecule has 2 amide bonds. The molecule has 2 bridgehead atoms. The van der Waals surface area contributed by atoms with Gasteiger partial charge in [0.25, 0.3) is 0 Å². The third-order valence-corrected chi connectivity index (χ3v) is 19.2. The maximum atomic E-state index is 17.2. The smallest absolute Gasteiger partial charge is 0.319 e. The first-order chi connectivity index (χ1) is 40.1. The van der Waals surface area contributed by atoms with E-state index in [2.05, 4.69) is 54.2 Å². The Balaban J connectivity index is 0.643. The number of anilines is 2. The van der Waals surface area contributed by atoms with E-state index < -0.39 is 23.9 Å². The Kier molecular flexibility index (Phi) is 16.1. The molecule has 9 heterocycles. The number of rotatable bonds is 17. The Morgan fingerprint density at radius 2 is 1.70 bits per heavy atom. The van der Waals surface area contributed by atoms with E-state index >= 15 is 4.39 Å². The molecule has 2 unspecified atom stereocenters. The molecule has 0 aliphatic carbocycles. The van der Waals surface area contributed by atoms with E-state index in [9.17, 15) is 19.8 Å². The highest BCUT2D eigenvalue weighted by Gasteiger charge is 2.44. The van der Waals surface area contributed by atoms with E-state index in [1.54, 1.807) is 29.7 Å². The van der Waals surface area contributed by atoms with E-state index in [4.69, 9.17) is 24.2 Å². The minimum absolute atomic E-state index is 0.0439. The van der Waals surface area contributed by atoms with Crippen LogP contribution in [0.4, 0.5) is 16.0 Å². The molecule has 5 fully saturated rings. The summed E-state index contributed by atoms with van der Waals surface area (Å²) in [5, 5.41) is 35.1. The fraction of sp³-hybridized carbons (Fsp3) is 0.508. The summed E-state index contributed by atoms with van der Waals surface area (Å²) in [6.45, 7) is 21.0. The second-order valence-corrected chi connectivity index (χ2v) is 25.4. The summed E-state index contributed by atoms with van der Waals surface area (Å²) >= 11 is 1.59. The molecule has 5 aliphatic rings. The van der Waals surface area contributed by atoms with Crippen molar-refractivity contribution in [3.05, 3.63) is 101 Å². The number of carbonyl (C=O) groups is 2. The van der Waals surface area contributed by atoms with E-state index in [-0.39, 0.29) is 65.1 Å². The number of aliphatic hydroxyl groups excluding tert-OH is 1. The fourth-order valence-electron chi connectivity index (χ4n) is 13.6. The summed E-state index contributed by atoms with van der Waals surface area (Å²) in [5.41, 5.74) is 6.82. The molecule has 6 atom stereocenters. The Bertz CT molecular complexity index is 3480. The minimum atomic E-state index is -0.821. The number of pyridine rings is 1. The van der Waals surface area contributed by atoms with Gasteiger partial charge in [0.2, 0.25) is 11.8 Å². The van der Waals surface area contributed by atoms with Crippen molar-refractivity contribution in [3.8, 4) is 33.5 Å². The van der Waals surface area contributed by atoms with Gasteiger partial charge in [0.15, 0.2) is 17.4 Å². The molecule has 4 N–H and O–H groups in total. The number of carbonyl (C=O) groups excluding carboxylic acids is 2. The van der Waals surface area contributed by atoms with Crippen LogP contribution in [0.15, 0.2) is 76.9 Å². The average molecular weight is 1150 g/mol. The number of hydrogen-bond acceptors (Lipinski definition) is 17. The van der Waals surface area contributed by atoms with Crippen LogP contribution in [-0.4, -0.2) is 165 Å². The van der Waals surface area contributed by atoms with Crippen LogP contribution < -0.4 is 25.2 Å². The number of hydrogen-bond donors (Lipinski definition) is 4. The Morgan fingerprint density at radius 1 is 0.940 bits per heavy atom. The van der Waals surface area contributed by atoms with Crippen LogP contribution in [0.2, 0.25) is 0 Å². The van der Waals surface area contributed by atoms with Gasteiger partial charge in [-0.05, 0) is 110 Å². The highest BCUT2D eigenvalue weighted by Crippen LogP contribution is 2.41. The van der Waals surface area contributed by atoms with Gasteiger partial charge < -0.3 is 44.8 Å². The number of thiazole rings is 1. The Morgan fingerprint density at radius 3 is 2.41 bits per heavy atom. The first-order valence-corrected chi connectivity index (χ1v) is 30.7. The molecule has 5 saturated heterocycles. The fourth-order valence-corrected chi connectivity index (χ4v) is 14.4. The summed E-state index contributed by atoms with van der Waals surface area (Å²) in [7, 11) is 0. The van der Waals surface area contributed by atoms with Crippen molar-refractivity contribution >= 4 is 56.5 Å². The Hall–Kier alpha value is -6.84. The number of ether oxygens (including phenoxy) is 1. The third kappa shape index (κ3) is 11.7. The number of aromatic nitrogens is 5. The number of β-amino-alcohol motifs (C(OH)–C–C–N with tert-alkyl or cyclic N) is 1. The van der Waals surface area contributed by atoms with Crippen molar-refractivity contribution in [2.45, 2.75) is 116 Å². The van der Waals surface area contributed by atoms with Crippen molar-refractivity contribution in [2.24, 2.45) is 11.3 Å². The van der Waals surface area contributed by atoms with Gasteiger partial charge in [0.1, 0.15) is 41.3 Å². The summed E-state index contributed by atoms with van der Waals surface area (Å²) < 4.78 is 29.5. The van der Waals surface area contributed by atoms with Crippen LogP contribution in [0.25, 0.3) is 43.4 Å².